The molecule has 336 valence electrons. The maximum absolute atomic E-state index is 13.9. The molecule has 0 fully saturated rings. The molecule has 5 aromatic rings. The highest BCUT2D eigenvalue weighted by atomic mass is 16.5. The Hall–Kier alpha value is -6.66. The summed E-state index contributed by atoms with van der Waals surface area (Å²) in [6.45, 7) is 12.8. The molecule has 64 heavy (non-hydrogen) atoms. The number of aliphatic imine (C=N–C) groups is 2. The summed E-state index contributed by atoms with van der Waals surface area (Å²) in [5, 5.41) is 9.29. The van der Waals surface area contributed by atoms with Crippen molar-refractivity contribution in [3.8, 4) is 28.7 Å². The zero-order valence-corrected chi connectivity index (χ0v) is 38.2. The number of methoxy groups -OCH3 is 2. The van der Waals surface area contributed by atoms with Crippen LogP contribution in [0, 0.1) is 0 Å². The van der Waals surface area contributed by atoms with Crippen molar-refractivity contribution in [2.24, 2.45) is 9.98 Å². The standard InChI is InChI=1S/C46H42N4O8.3C2H6/c1-54-41-20-35-37(47-24-32-18-30-9-3-5-11-39(30)49(32)45(35)52)22-43(41)57-26-28-15-29(17-34(16-28)56-14-8-7-13-51)27-58-44-23-38-36(21-42(44)55-2)46(53)50-33(25-48-38)19-31-10-4-6-12-40(31)50;3*1-2/h3-6,9-12,15-17,20-25,32-33,51H,7-8,13-14,18-19,26-27H2,1-2H3;3*1-2H3/t32-,33?;;;/m0.../s1. The van der Waals surface area contributed by atoms with Gasteiger partial charge in [0.1, 0.15) is 19.0 Å². The van der Waals surface area contributed by atoms with Gasteiger partial charge in [-0.25, -0.2) is 0 Å². The van der Waals surface area contributed by atoms with Crippen LogP contribution < -0.4 is 33.5 Å². The molecule has 4 heterocycles. The van der Waals surface area contributed by atoms with Crippen molar-refractivity contribution in [2.45, 2.75) is 92.5 Å². The van der Waals surface area contributed by atoms with Crippen LogP contribution in [0.1, 0.15) is 97.4 Å². The molecule has 0 aliphatic carbocycles. The van der Waals surface area contributed by atoms with Gasteiger partial charge in [0, 0.05) is 55.4 Å². The molecule has 4 aliphatic rings. The predicted octanol–water partition coefficient (Wildman–Crippen LogP) is 10.7. The number of anilines is 2. The van der Waals surface area contributed by atoms with Crippen molar-refractivity contribution in [1.82, 2.24) is 0 Å². The minimum absolute atomic E-state index is 0.0881. The second kappa shape index (κ2) is 22.1. The van der Waals surface area contributed by atoms with E-state index < -0.39 is 0 Å². The Labute approximate surface area is 377 Å². The summed E-state index contributed by atoms with van der Waals surface area (Å²) in [5.74, 6) is 2.04. The van der Waals surface area contributed by atoms with Gasteiger partial charge < -0.3 is 28.8 Å². The summed E-state index contributed by atoms with van der Waals surface area (Å²) in [7, 11) is 3.09. The Kier molecular flexibility index (Phi) is 16.2. The van der Waals surface area contributed by atoms with Crippen molar-refractivity contribution < 1.29 is 38.4 Å². The molecule has 1 N–H and O–H groups in total. The molecule has 5 aromatic carbocycles. The maximum atomic E-state index is 13.9. The zero-order chi connectivity index (χ0) is 45.8. The second-order valence-electron chi connectivity index (χ2n) is 14.6. The molecule has 4 aliphatic heterocycles. The number of amides is 2. The van der Waals surface area contributed by atoms with Gasteiger partial charge in [-0.05, 0) is 77.6 Å². The quantitative estimate of drug-likeness (QED) is 0.116. The van der Waals surface area contributed by atoms with Gasteiger partial charge in [-0.3, -0.25) is 29.4 Å². The summed E-state index contributed by atoms with van der Waals surface area (Å²) < 4.78 is 30.3. The normalized spacial score (nSPS) is 15.7. The second-order valence-corrected chi connectivity index (χ2v) is 14.6. The van der Waals surface area contributed by atoms with E-state index in [1.165, 1.54) is 0 Å². The van der Waals surface area contributed by atoms with Crippen LogP contribution in [0.5, 0.6) is 28.7 Å². The smallest absolute Gasteiger partial charge is 0.261 e. The molecule has 2 atom stereocenters. The lowest BCUT2D eigenvalue weighted by Crippen LogP contribution is -2.37. The third-order valence-corrected chi connectivity index (χ3v) is 10.9. The number of benzene rings is 5. The van der Waals surface area contributed by atoms with Gasteiger partial charge in [-0.1, -0.05) is 77.9 Å². The van der Waals surface area contributed by atoms with E-state index in [2.05, 4.69) is 0 Å². The first-order chi connectivity index (χ1) is 31.4. The number of ether oxygens (including phenoxy) is 5. The summed E-state index contributed by atoms with van der Waals surface area (Å²) in [5.41, 5.74) is 7.51. The lowest BCUT2D eigenvalue weighted by molar-refractivity contribution is 0.0978. The molecule has 12 nitrogen and oxygen atoms in total. The maximum Gasteiger partial charge on any atom is 0.261 e. The van der Waals surface area contributed by atoms with Gasteiger partial charge in [0.25, 0.3) is 11.8 Å². The number of aliphatic hydroxyl groups excluding tert-OH is 1. The molecule has 0 aromatic heterocycles. The number of carbonyl (C=O) groups is 2. The molecule has 0 saturated carbocycles. The van der Waals surface area contributed by atoms with Crippen LogP contribution in [-0.4, -0.2) is 68.9 Å². The number of para-hydroxylation sites is 2. The van der Waals surface area contributed by atoms with Gasteiger partial charge >= 0.3 is 0 Å². The molecule has 2 amide bonds. The van der Waals surface area contributed by atoms with E-state index in [1.54, 1.807) is 48.3 Å². The fraction of sp³-hybridized carbons (Fsp3) is 0.346. The molecule has 0 bridgehead atoms. The van der Waals surface area contributed by atoms with E-state index in [1.807, 2.05) is 121 Å². The highest BCUT2D eigenvalue weighted by Crippen LogP contribution is 2.43. The van der Waals surface area contributed by atoms with Gasteiger partial charge in [0.2, 0.25) is 0 Å². The van der Waals surface area contributed by atoms with E-state index in [9.17, 15) is 14.7 Å². The number of fused-ring (bicyclic) bond motifs is 8. The van der Waals surface area contributed by atoms with Crippen LogP contribution in [0.3, 0.4) is 0 Å². The number of aliphatic hydroxyl groups is 1. The van der Waals surface area contributed by atoms with Gasteiger partial charge in [0.15, 0.2) is 23.0 Å². The van der Waals surface area contributed by atoms with Crippen molar-refractivity contribution in [1.29, 1.82) is 0 Å². The first-order valence-electron chi connectivity index (χ1n) is 22.4. The number of hydrogen-bond donors (Lipinski definition) is 1. The number of carbonyl (C=O) groups excluding carboxylic acids is 2. The molecule has 0 radical (unpaired) electrons. The van der Waals surface area contributed by atoms with Crippen LogP contribution in [0.15, 0.2) is 101 Å². The van der Waals surface area contributed by atoms with Crippen LogP contribution >= 0.6 is 0 Å². The lowest BCUT2D eigenvalue weighted by Gasteiger charge is -2.22. The largest absolute Gasteiger partial charge is 0.494 e. The average Bonchev–Trinajstić information content (AvgIpc) is 3.84. The Morgan fingerprint density at radius 2 is 1.03 bits per heavy atom. The average molecular weight is 869 g/mol. The lowest BCUT2D eigenvalue weighted by atomic mass is 10.1. The highest BCUT2D eigenvalue weighted by Gasteiger charge is 2.38. The molecular weight excluding hydrogens is 809 g/mol. The minimum atomic E-state index is -0.176. The fourth-order valence-corrected chi connectivity index (χ4v) is 8.08. The summed E-state index contributed by atoms with van der Waals surface area (Å²) >= 11 is 0. The Balaban J connectivity index is 0.00000109. The Morgan fingerprint density at radius 1 is 0.578 bits per heavy atom. The third-order valence-electron chi connectivity index (χ3n) is 10.9. The first-order valence-corrected chi connectivity index (χ1v) is 22.4. The van der Waals surface area contributed by atoms with Crippen molar-refractivity contribution in [2.75, 3.05) is 37.2 Å². The molecular formula is C52H60N4O8. The van der Waals surface area contributed by atoms with Crippen molar-refractivity contribution in [3.05, 3.63) is 124 Å². The number of nitrogens with zero attached hydrogens (tertiary/aromatic N) is 4. The molecule has 1 unspecified atom stereocenters. The molecule has 0 spiro atoms. The van der Waals surface area contributed by atoms with E-state index >= 15 is 0 Å². The minimum Gasteiger partial charge on any atom is -0.494 e. The van der Waals surface area contributed by atoms with Crippen LogP contribution in [0.2, 0.25) is 0 Å². The molecule has 0 saturated heterocycles. The van der Waals surface area contributed by atoms with Crippen LogP contribution in [-0.2, 0) is 26.1 Å². The van der Waals surface area contributed by atoms with E-state index in [0.29, 0.717) is 83.5 Å². The van der Waals surface area contributed by atoms with Crippen LogP contribution in [0.4, 0.5) is 22.7 Å². The summed E-state index contributed by atoms with van der Waals surface area (Å²) in [6, 6.07) is 28.2. The Bertz CT molecular complexity index is 2320. The van der Waals surface area contributed by atoms with Crippen LogP contribution in [0.25, 0.3) is 0 Å². The number of rotatable bonds is 13. The van der Waals surface area contributed by atoms with E-state index in [-0.39, 0.29) is 43.7 Å². The third kappa shape index (κ3) is 9.77. The van der Waals surface area contributed by atoms with Gasteiger partial charge in [-0.15, -0.1) is 0 Å². The predicted molar refractivity (Wildman–Crippen MR) is 255 cm³/mol. The molecule has 9 rings (SSSR count). The van der Waals surface area contributed by atoms with Gasteiger partial charge in [-0.2, -0.15) is 0 Å². The first kappa shape index (κ1) is 46.8. The van der Waals surface area contributed by atoms with E-state index in [4.69, 9.17) is 33.7 Å². The fourth-order valence-electron chi connectivity index (χ4n) is 8.08. The SMILES string of the molecule is CC.CC.CC.COc1cc2c(cc1OCc1cc(COc3cc4c(cc3OC)C(=O)N3c5ccccc5C[C@H]3C=N4)cc(OCCCCO)c1)N=CC1Cc3ccccc3N1C2=O. The van der Waals surface area contributed by atoms with Crippen molar-refractivity contribution in [3.63, 3.8) is 0 Å². The number of unbranched alkanes of at least 4 members (excludes halogenated alkanes) is 1. The summed E-state index contributed by atoms with van der Waals surface area (Å²) in [4.78, 5) is 40.9. The highest BCUT2D eigenvalue weighted by molar-refractivity contribution is 6.15. The number of hydrogen-bond acceptors (Lipinski definition) is 10. The molecule has 12 heteroatoms. The van der Waals surface area contributed by atoms with E-state index in [0.717, 1.165) is 33.6 Å². The Morgan fingerprint density at radius 3 is 1.47 bits per heavy atom. The topological polar surface area (TPSA) is 132 Å². The van der Waals surface area contributed by atoms with Crippen molar-refractivity contribution >= 4 is 47.0 Å². The van der Waals surface area contributed by atoms with Gasteiger partial charge in [0.05, 0.1) is 55.4 Å². The summed E-state index contributed by atoms with van der Waals surface area (Å²) in [6.07, 6.45) is 6.37. The zero-order valence-electron chi connectivity index (χ0n) is 38.2. The monoisotopic (exact) mass is 868 g/mol.